The van der Waals surface area contributed by atoms with Gasteiger partial charge >= 0.3 is 0 Å². The molecule has 1 heterocycles. The number of fused-ring (bicyclic) bond motifs is 1. The first-order valence-corrected chi connectivity index (χ1v) is 7.44. The van der Waals surface area contributed by atoms with Gasteiger partial charge in [-0.05, 0) is 48.7 Å². The number of likely N-dealkylation sites (N-methyl/N-ethyl adjacent to an activating group) is 1. The highest BCUT2D eigenvalue weighted by Gasteiger charge is 2.31. The highest BCUT2D eigenvalue weighted by atomic mass is 16.6. The Balaban J connectivity index is 1.99. The van der Waals surface area contributed by atoms with Crippen molar-refractivity contribution in [2.24, 2.45) is 5.92 Å². The molecular weight excluding hydrogens is 266 g/mol. The standard InChI is InChI=1S/C16H19N3O2/c1-2-18-15(11-3-4-11)9-12-5-6-16(19(20)21)14-10-17-8-7-13(12)14/h5-8,10-11,15,18H,2-4,9H2,1H3. The second-order valence-electron chi connectivity index (χ2n) is 5.63. The normalized spacial score (nSPS) is 16.0. The fourth-order valence-corrected chi connectivity index (χ4v) is 2.98. The lowest BCUT2D eigenvalue weighted by Gasteiger charge is -2.18. The molecule has 0 spiro atoms. The van der Waals surface area contributed by atoms with Gasteiger partial charge in [-0.2, -0.15) is 0 Å². The van der Waals surface area contributed by atoms with E-state index in [1.54, 1.807) is 18.5 Å². The molecule has 5 heteroatoms. The summed E-state index contributed by atoms with van der Waals surface area (Å²) < 4.78 is 0. The SMILES string of the molecule is CCNC(Cc1ccc([N+](=O)[O-])c2cnccc12)C1CC1. The number of nitro groups is 1. The van der Waals surface area contributed by atoms with Crippen LogP contribution in [0.2, 0.25) is 0 Å². The Morgan fingerprint density at radius 1 is 1.38 bits per heavy atom. The van der Waals surface area contributed by atoms with Crippen LogP contribution in [0.3, 0.4) is 0 Å². The van der Waals surface area contributed by atoms with E-state index in [0.29, 0.717) is 11.4 Å². The van der Waals surface area contributed by atoms with Gasteiger partial charge < -0.3 is 5.32 Å². The molecule has 0 saturated heterocycles. The summed E-state index contributed by atoms with van der Waals surface area (Å²) >= 11 is 0. The number of hydrogen-bond acceptors (Lipinski definition) is 4. The zero-order chi connectivity index (χ0) is 14.8. The van der Waals surface area contributed by atoms with Gasteiger partial charge in [0, 0.05) is 24.5 Å². The third-order valence-electron chi connectivity index (χ3n) is 4.18. The van der Waals surface area contributed by atoms with E-state index in [0.717, 1.165) is 29.8 Å². The molecule has 21 heavy (non-hydrogen) atoms. The first-order chi connectivity index (χ1) is 10.2. The minimum atomic E-state index is -0.337. The molecule has 1 saturated carbocycles. The first kappa shape index (κ1) is 13.9. The molecule has 1 unspecified atom stereocenters. The van der Waals surface area contributed by atoms with Crippen molar-refractivity contribution in [1.82, 2.24) is 10.3 Å². The number of benzene rings is 1. The molecule has 1 aliphatic rings. The van der Waals surface area contributed by atoms with Crippen LogP contribution in [0.15, 0.2) is 30.6 Å². The van der Waals surface area contributed by atoms with Gasteiger partial charge in [0.25, 0.3) is 5.69 Å². The van der Waals surface area contributed by atoms with Crippen LogP contribution in [0, 0.1) is 16.0 Å². The van der Waals surface area contributed by atoms with Crippen molar-refractivity contribution in [3.63, 3.8) is 0 Å². The monoisotopic (exact) mass is 285 g/mol. The third-order valence-corrected chi connectivity index (χ3v) is 4.18. The maximum absolute atomic E-state index is 11.1. The Morgan fingerprint density at radius 2 is 2.19 bits per heavy atom. The number of nitro benzene ring substituents is 1. The minimum absolute atomic E-state index is 0.133. The van der Waals surface area contributed by atoms with E-state index >= 15 is 0 Å². The van der Waals surface area contributed by atoms with Crippen LogP contribution in [0.4, 0.5) is 5.69 Å². The molecule has 1 N–H and O–H groups in total. The van der Waals surface area contributed by atoms with Gasteiger partial charge in [-0.15, -0.1) is 0 Å². The van der Waals surface area contributed by atoms with Crippen LogP contribution in [0.1, 0.15) is 25.3 Å². The topological polar surface area (TPSA) is 68.1 Å². The highest BCUT2D eigenvalue weighted by Crippen LogP contribution is 2.36. The molecule has 110 valence electrons. The van der Waals surface area contributed by atoms with Crippen LogP contribution < -0.4 is 5.32 Å². The Bertz CT molecular complexity index is 668. The van der Waals surface area contributed by atoms with Crippen molar-refractivity contribution >= 4 is 16.5 Å². The molecule has 1 aromatic heterocycles. The van der Waals surface area contributed by atoms with Crippen LogP contribution in [0.25, 0.3) is 10.8 Å². The number of aromatic nitrogens is 1. The van der Waals surface area contributed by atoms with Crippen LogP contribution in [-0.2, 0) is 6.42 Å². The van der Waals surface area contributed by atoms with E-state index in [1.165, 1.54) is 12.8 Å². The smallest absolute Gasteiger partial charge is 0.278 e. The second kappa shape index (κ2) is 5.77. The lowest BCUT2D eigenvalue weighted by atomic mass is 9.96. The second-order valence-corrected chi connectivity index (χ2v) is 5.63. The number of hydrogen-bond donors (Lipinski definition) is 1. The maximum Gasteiger partial charge on any atom is 0.278 e. The van der Waals surface area contributed by atoms with Gasteiger partial charge in [0.05, 0.1) is 10.3 Å². The third kappa shape index (κ3) is 2.88. The van der Waals surface area contributed by atoms with E-state index in [-0.39, 0.29) is 10.6 Å². The van der Waals surface area contributed by atoms with Gasteiger partial charge in [-0.1, -0.05) is 13.0 Å². The summed E-state index contributed by atoms with van der Waals surface area (Å²) in [5.41, 5.74) is 1.30. The largest absolute Gasteiger partial charge is 0.314 e. The number of non-ortho nitro benzene ring substituents is 1. The molecule has 2 aromatic rings. The number of nitrogens with zero attached hydrogens (tertiary/aromatic N) is 2. The minimum Gasteiger partial charge on any atom is -0.314 e. The molecule has 1 atom stereocenters. The molecule has 1 aliphatic carbocycles. The molecule has 0 amide bonds. The maximum atomic E-state index is 11.1. The highest BCUT2D eigenvalue weighted by molar-refractivity contribution is 5.92. The van der Waals surface area contributed by atoms with Crippen molar-refractivity contribution in [2.45, 2.75) is 32.2 Å². The lowest BCUT2D eigenvalue weighted by Crippen LogP contribution is -2.32. The summed E-state index contributed by atoms with van der Waals surface area (Å²) in [5, 5.41) is 16.3. The zero-order valence-electron chi connectivity index (χ0n) is 12.1. The fraction of sp³-hybridized carbons (Fsp3) is 0.438. The first-order valence-electron chi connectivity index (χ1n) is 7.44. The van der Waals surface area contributed by atoms with Crippen molar-refractivity contribution in [2.75, 3.05) is 6.54 Å². The van der Waals surface area contributed by atoms with Gasteiger partial charge in [0.1, 0.15) is 0 Å². The summed E-state index contributed by atoms with van der Waals surface area (Å²) in [6, 6.07) is 5.85. The average Bonchev–Trinajstić information content (AvgIpc) is 3.31. The summed E-state index contributed by atoms with van der Waals surface area (Å²) in [6.45, 7) is 3.07. The Kier molecular flexibility index (Phi) is 3.84. The fourth-order valence-electron chi connectivity index (χ4n) is 2.98. The number of pyridine rings is 1. The summed E-state index contributed by atoms with van der Waals surface area (Å²) in [4.78, 5) is 14.8. The predicted molar refractivity (Wildman–Crippen MR) is 82.3 cm³/mol. The van der Waals surface area contributed by atoms with Crippen LogP contribution in [-0.4, -0.2) is 22.5 Å². The average molecular weight is 285 g/mol. The van der Waals surface area contributed by atoms with E-state index in [9.17, 15) is 10.1 Å². The Labute approximate surface area is 123 Å². The summed E-state index contributed by atoms with van der Waals surface area (Å²) in [7, 11) is 0. The predicted octanol–water partition coefficient (Wildman–Crippen LogP) is 3.07. The van der Waals surface area contributed by atoms with Gasteiger partial charge in [-0.25, -0.2) is 0 Å². The Morgan fingerprint density at radius 3 is 2.86 bits per heavy atom. The van der Waals surface area contributed by atoms with Crippen molar-refractivity contribution in [1.29, 1.82) is 0 Å². The molecule has 0 aliphatic heterocycles. The molecule has 0 radical (unpaired) electrons. The van der Waals surface area contributed by atoms with Gasteiger partial charge in [0.2, 0.25) is 0 Å². The van der Waals surface area contributed by atoms with Crippen molar-refractivity contribution < 1.29 is 4.92 Å². The van der Waals surface area contributed by atoms with Crippen LogP contribution >= 0.6 is 0 Å². The number of nitrogens with one attached hydrogen (secondary N) is 1. The zero-order valence-corrected chi connectivity index (χ0v) is 12.1. The molecule has 0 bridgehead atoms. The Hall–Kier alpha value is -2.01. The van der Waals surface area contributed by atoms with Gasteiger partial charge in [-0.3, -0.25) is 15.1 Å². The molecule has 3 rings (SSSR count). The summed E-state index contributed by atoms with van der Waals surface area (Å²) in [5.74, 6) is 0.747. The summed E-state index contributed by atoms with van der Waals surface area (Å²) in [6.07, 6.45) is 6.77. The van der Waals surface area contributed by atoms with E-state index in [4.69, 9.17) is 0 Å². The van der Waals surface area contributed by atoms with E-state index in [2.05, 4.69) is 17.2 Å². The van der Waals surface area contributed by atoms with Gasteiger partial charge in [0.15, 0.2) is 0 Å². The van der Waals surface area contributed by atoms with E-state index < -0.39 is 0 Å². The lowest BCUT2D eigenvalue weighted by molar-refractivity contribution is -0.383. The van der Waals surface area contributed by atoms with Crippen molar-refractivity contribution in [3.05, 3.63) is 46.3 Å². The van der Waals surface area contributed by atoms with Crippen molar-refractivity contribution in [3.8, 4) is 0 Å². The molecular formula is C16H19N3O2. The quantitative estimate of drug-likeness (QED) is 0.654. The molecule has 1 aromatic carbocycles. The van der Waals surface area contributed by atoms with E-state index in [1.807, 2.05) is 12.1 Å². The van der Waals surface area contributed by atoms with Crippen LogP contribution in [0.5, 0.6) is 0 Å². The number of rotatable bonds is 6. The molecule has 5 nitrogen and oxygen atoms in total. The molecule has 1 fully saturated rings.